The summed E-state index contributed by atoms with van der Waals surface area (Å²) in [5.41, 5.74) is 2.71. The van der Waals surface area contributed by atoms with Crippen molar-refractivity contribution in [3.05, 3.63) is 9.81 Å². The zero-order valence-electron chi connectivity index (χ0n) is 11.6. The summed E-state index contributed by atoms with van der Waals surface area (Å²) in [4.78, 5) is 28.1. The molecule has 0 radical (unpaired) electrons. The molecule has 0 aromatic heterocycles. The Morgan fingerprint density at radius 2 is 1.79 bits per heavy atom. The first-order valence-corrected chi connectivity index (χ1v) is 8.08. The highest BCUT2D eigenvalue weighted by molar-refractivity contribution is 8.21. The second-order valence-corrected chi connectivity index (χ2v) is 5.15. The van der Waals surface area contributed by atoms with Gasteiger partial charge < -0.3 is 4.74 Å². The van der Waals surface area contributed by atoms with Crippen molar-refractivity contribution < 1.29 is 19.2 Å². The molecule has 8 heteroatoms. The SMILES string of the molecule is CCC(C(=O)NC(=O)NOCCOC)=C(SC)SC. The third kappa shape index (κ3) is 7.46. The summed E-state index contributed by atoms with van der Waals surface area (Å²) in [5, 5.41) is 2.22. The van der Waals surface area contributed by atoms with Crippen LogP contribution in [-0.2, 0) is 14.4 Å². The van der Waals surface area contributed by atoms with Gasteiger partial charge in [0.2, 0.25) is 0 Å². The molecule has 0 atom stereocenters. The number of imide groups is 1. The van der Waals surface area contributed by atoms with Crippen LogP contribution >= 0.6 is 23.5 Å². The van der Waals surface area contributed by atoms with E-state index in [2.05, 4.69) is 10.8 Å². The lowest BCUT2D eigenvalue weighted by atomic mass is 10.2. The van der Waals surface area contributed by atoms with Crippen molar-refractivity contribution in [1.29, 1.82) is 0 Å². The van der Waals surface area contributed by atoms with Crippen molar-refractivity contribution in [3.8, 4) is 0 Å². The van der Waals surface area contributed by atoms with E-state index >= 15 is 0 Å². The van der Waals surface area contributed by atoms with Gasteiger partial charge in [-0.3, -0.25) is 14.9 Å². The lowest BCUT2D eigenvalue weighted by Gasteiger charge is -2.10. The standard InChI is InChI=1S/C11H20N2O4S2/c1-5-8(10(18-3)19-4)9(14)12-11(15)13-17-7-6-16-2/h5-7H2,1-4H3,(H2,12,13,14,15). The zero-order chi connectivity index (χ0) is 14.7. The molecule has 0 fully saturated rings. The van der Waals surface area contributed by atoms with Crippen molar-refractivity contribution in [1.82, 2.24) is 10.8 Å². The molecule has 19 heavy (non-hydrogen) atoms. The van der Waals surface area contributed by atoms with Crippen molar-refractivity contribution in [2.45, 2.75) is 13.3 Å². The monoisotopic (exact) mass is 308 g/mol. The van der Waals surface area contributed by atoms with E-state index < -0.39 is 11.9 Å². The van der Waals surface area contributed by atoms with E-state index in [0.717, 1.165) is 4.24 Å². The van der Waals surface area contributed by atoms with Gasteiger partial charge in [0.15, 0.2) is 0 Å². The number of thioether (sulfide) groups is 2. The first-order chi connectivity index (χ1) is 9.10. The number of urea groups is 1. The third-order valence-electron chi connectivity index (χ3n) is 2.03. The molecule has 0 bridgehead atoms. The predicted octanol–water partition coefficient (Wildman–Crippen LogP) is 1.74. The Balaban J connectivity index is 4.34. The van der Waals surface area contributed by atoms with Crippen molar-refractivity contribution in [2.75, 3.05) is 32.8 Å². The van der Waals surface area contributed by atoms with Gasteiger partial charge in [0.1, 0.15) is 0 Å². The molecule has 6 nitrogen and oxygen atoms in total. The number of methoxy groups -OCH3 is 1. The molecule has 0 rings (SSSR count). The minimum atomic E-state index is -0.686. The second-order valence-electron chi connectivity index (χ2n) is 3.25. The van der Waals surface area contributed by atoms with Crippen molar-refractivity contribution in [2.24, 2.45) is 0 Å². The van der Waals surface area contributed by atoms with Crippen molar-refractivity contribution >= 4 is 35.5 Å². The number of hydrogen-bond acceptors (Lipinski definition) is 6. The smallest absolute Gasteiger partial charge is 0.345 e. The Morgan fingerprint density at radius 1 is 1.16 bits per heavy atom. The molecule has 0 unspecified atom stereocenters. The summed E-state index contributed by atoms with van der Waals surface area (Å²) >= 11 is 2.97. The van der Waals surface area contributed by atoms with Crippen molar-refractivity contribution in [3.63, 3.8) is 0 Å². The van der Waals surface area contributed by atoms with Gasteiger partial charge in [-0.15, -0.1) is 23.5 Å². The van der Waals surface area contributed by atoms with E-state index in [1.807, 2.05) is 19.4 Å². The van der Waals surface area contributed by atoms with Gasteiger partial charge in [0.25, 0.3) is 5.91 Å². The topological polar surface area (TPSA) is 76.7 Å². The Kier molecular flexibility index (Phi) is 10.7. The van der Waals surface area contributed by atoms with E-state index in [1.54, 1.807) is 0 Å². The number of carbonyl (C=O) groups is 2. The molecule has 0 aliphatic carbocycles. The maximum absolute atomic E-state index is 11.9. The summed E-state index contributed by atoms with van der Waals surface area (Å²) in [6.45, 7) is 2.45. The molecule has 110 valence electrons. The first kappa shape index (κ1) is 18.3. The van der Waals surface area contributed by atoms with Crippen LogP contribution in [-0.4, -0.2) is 44.8 Å². The summed E-state index contributed by atoms with van der Waals surface area (Å²) in [5.74, 6) is -0.408. The second kappa shape index (κ2) is 11.2. The van der Waals surface area contributed by atoms with Gasteiger partial charge >= 0.3 is 6.03 Å². The molecule has 3 amide bonds. The van der Waals surface area contributed by atoms with E-state index in [9.17, 15) is 9.59 Å². The van der Waals surface area contributed by atoms with E-state index in [4.69, 9.17) is 9.57 Å². The van der Waals surface area contributed by atoms with Gasteiger partial charge in [-0.25, -0.2) is 10.3 Å². The molecule has 0 spiro atoms. The van der Waals surface area contributed by atoms with Gasteiger partial charge in [0, 0.05) is 16.9 Å². The van der Waals surface area contributed by atoms with E-state index in [0.29, 0.717) is 18.6 Å². The Labute approximate surface area is 122 Å². The molecule has 0 saturated carbocycles. The lowest BCUT2D eigenvalue weighted by Crippen LogP contribution is -2.40. The average molecular weight is 308 g/mol. The van der Waals surface area contributed by atoms with Crippen LogP contribution in [0.1, 0.15) is 13.3 Å². The van der Waals surface area contributed by atoms with Crippen LogP contribution in [0.3, 0.4) is 0 Å². The number of nitrogens with one attached hydrogen (secondary N) is 2. The molecule has 0 aliphatic rings. The number of hydrogen-bond donors (Lipinski definition) is 2. The molecular formula is C11H20N2O4S2. The molecule has 0 aliphatic heterocycles. The summed E-state index contributed by atoms with van der Waals surface area (Å²) in [6, 6.07) is -0.686. The maximum Gasteiger partial charge on any atom is 0.345 e. The molecule has 0 aromatic carbocycles. The van der Waals surface area contributed by atoms with Crippen LogP contribution in [0.15, 0.2) is 9.81 Å². The minimum absolute atomic E-state index is 0.218. The first-order valence-electron chi connectivity index (χ1n) is 5.63. The van der Waals surface area contributed by atoms with Crippen LogP contribution in [0.25, 0.3) is 0 Å². The summed E-state index contributed by atoms with van der Waals surface area (Å²) in [6.07, 6.45) is 4.34. The number of carbonyl (C=O) groups excluding carboxylic acids is 2. The number of rotatable bonds is 8. The maximum atomic E-state index is 11.9. The highest BCUT2D eigenvalue weighted by Crippen LogP contribution is 2.28. The van der Waals surface area contributed by atoms with Crippen LogP contribution in [0.2, 0.25) is 0 Å². The normalized spacial score (nSPS) is 9.89. The number of ether oxygens (including phenoxy) is 1. The molecule has 0 aromatic rings. The fourth-order valence-electron chi connectivity index (χ4n) is 1.17. The molecule has 0 saturated heterocycles. The number of hydroxylamine groups is 1. The van der Waals surface area contributed by atoms with Crippen LogP contribution < -0.4 is 10.8 Å². The zero-order valence-corrected chi connectivity index (χ0v) is 13.2. The fraction of sp³-hybridized carbons (Fsp3) is 0.636. The number of amides is 3. The summed E-state index contributed by atoms with van der Waals surface area (Å²) < 4.78 is 5.64. The quantitative estimate of drug-likeness (QED) is 0.404. The van der Waals surface area contributed by atoms with Crippen LogP contribution in [0.5, 0.6) is 0 Å². The predicted molar refractivity (Wildman–Crippen MR) is 78.8 cm³/mol. The molecule has 2 N–H and O–H groups in total. The Bertz CT molecular complexity index is 329. The van der Waals surface area contributed by atoms with Crippen LogP contribution in [0.4, 0.5) is 4.79 Å². The molecular weight excluding hydrogens is 288 g/mol. The third-order valence-corrected chi connectivity index (χ3v) is 4.26. The van der Waals surface area contributed by atoms with Gasteiger partial charge in [-0.1, -0.05) is 6.92 Å². The highest BCUT2D eigenvalue weighted by atomic mass is 32.2. The minimum Gasteiger partial charge on any atom is -0.382 e. The Morgan fingerprint density at radius 3 is 2.26 bits per heavy atom. The average Bonchev–Trinajstić information content (AvgIpc) is 2.40. The van der Waals surface area contributed by atoms with Gasteiger partial charge in [-0.2, -0.15) is 0 Å². The van der Waals surface area contributed by atoms with E-state index in [1.165, 1.54) is 30.6 Å². The van der Waals surface area contributed by atoms with Gasteiger partial charge in [-0.05, 0) is 18.9 Å². The molecule has 0 heterocycles. The van der Waals surface area contributed by atoms with Crippen LogP contribution in [0, 0.1) is 0 Å². The highest BCUT2D eigenvalue weighted by Gasteiger charge is 2.15. The largest absolute Gasteiger partial charge is 0.382 e. The summed E-state index contributed by atoms with van der Waals surface area (Å²) in [7, 11) is 1.53. The fourth-order valence-corrected chi connectivity index (χ4v) is 2.81. The Hall–Kier alpha value is -0.700. The lowest BCUT2D eigenvalue weighted by molar-refractivity contribution is -0.116. The van der Waals surface area contributed by atoms with Gasteiger partial charge in [0.05, 0.1) is 13.2 Å². The van der Waals surface area contributed by atoms with E-state index in [-0.39, 0.29) is 6.61 Å².